The van der Waals surface area contributed by atoms with Crippen LogP contribution in [-0.4, -0.2) is 47.8 Å². The standard InChI is InChI=1S/C16H30N2O/c1-12(2)5-8-18-9-6-13(7-10-18)17-14-11-15(19)16(14,3)4/h5,13-15,17,19H,6-11H2,1-4H3. The molecule has 2 atom stereocenters. The molecule has 1 aliphatic heterocycles. The second kappa shape index (κ2) is 5.94. The maximum Gasteiger partial charge on any atom is 0.0621 e. The van der Waals surface area contributed by atoms with Gasteiger partial charge >= 0.3 is 0 Å². The second-order valence-electron chi connectivity index (χ2n) is 7.15. The Hall–Kier alpha value is -0.380. The number of aliphatic hydroxyl groups is 1. The van der Waals surface area contributed by atoms with Crippen LogP contribution >= 0.6 is 0 Å². The fourth-order valence-electron chi connectivity index (χ4n) is 3.06. The number of rotatable bonds is 4. The number of aliphatic hydroxyl groups excluding tert-OH is 1. The molecule has 2 N–H and O–H groups in total. The maximum atomic E-state index is 9.78. The molecule has 1 saturated heterocycles. The van der Waals surface area contributed by atoms with Crippen molar-refractivity contribution >= 4 is 0 Å². The molecule has 0 spiro atoms. The van der Waals surface area contributed by atoms with Crippen molar-refractivity contribution in [1.29, 1.82) is 0 Å². The van der Waals surface area contributed by atoms with Crippen molar-refractivity contribution in [2.75, 3.05) is 19.6 Å². The molecule has 2 fully saturated rings. The van der Waals surface area contributed by atoms with Crippen LogP contribution in [-0.2, 0) is 0 Å². The van der Waals surface area contributed by atoms with Gasteiger partial charge in [-0.3, -0.25) is 4.90 Å². The summed E-state index contributed by atoms with van der Waals surface area (Å²) in [7, 11) is 0. The highest BCUT2D eigenvalue weighted by Crippen LogP contribution is 2.41. The van der Waals surface area contributed by atoms with Gasteiger partial charge in [0, 0.05) is 24.0 Å². The first-order valence-electron chi connectivity index (χ1n) is 7.69. The van der Waals surface area contributed by atoms with E-state index in [1.54, 1.807) is 0 Å². The van der Waals surface area contributed by atoms with E-state index < -0.39 is 0 Å². The second-order valence-corrected chi connectivity index (χ2v) is 7.15. The highest BCUT2D eigenvalue weighted by atomic mass is 16.3. The van der Waals surface area contributed by atoms with E-state index in [4.69, 9.17) is 0 Å². The molecule has 0 aromatic rings. The Bertz CT molecular complexity index is 326. The predicted molar refractivity (Wildman–Crippen MR) is 80.2 cm³/mol. The van der Waals surface area contributed by atoms with Crippen molar-refractivity contribution in [2.45, 2.75) is 65.1 Å². The molecule has 1 heterocycles. The van der Waals surface area contributed by atoms with Crippen molar-refractivity contribution in [3.05, 3.63) is 11.6 Å². The molecule has 0 aromatic carbocycles. The lowest BCUT2D eigenvalue weighted by Gasteiger charge is -2.51. The molecule has 0 radical (unpaired) electrons. The Labute approximate surface area is 118 Å². The zero-order valence-corrected chi connectivity index (χ0v) is 12.9. The van der Waals surface area contributed by atoms with Crippen LogP contribution in [0.3, 0.4) is 0 Å². The molecule has 2 aliphatic rings. The number of nitrogens with one attached hydrogen (secondary N) is 1. The highest BCUT2D eigenvalue weighted by molar-refractivity contribution is 5.03. The summed E-state index contributed by atoms with van der Waals surface area (Å²) >= 11 is 0. The molecule has 0 aromatic heterocycles. The third-order valence-corrected chi connectivity index (χ3v) is 5.00. The van der Waals surface area contributed by atoms with Gasteiger partial charge in [0.15, 0.2) is 0 Å². The fourth-order valence-corrected chi connectivity index (χ4v) is 3.06. The average molecular weight is 266 g/mol. The number of allylic oxidation sites excluding steroid dienone is 1. The van der Waals surface area contributed by atoms with Gasteiger partial charge in [0.25, 0.3) is 0 Å². The SMILES string of the molecule is CC(C)=CCN1CCC(NC2CC(O)C2(C)C)CC1. The lowest BCUT2D eigenvalue weighted by molar-refractivity contribution is -0.0776. The lowest BCUT2D eigenvalue weighted by Crippen LogP contribution is -2.62. The highest BCUT2D eigenvalue weighted by Gasteiger charge is 2.47. The van der Waals surface area contributed by atoms with E-state index in [1.807, 2.05) is 0 Å². The summed E-state index contributed by atoms with van der Waals surface area (Å²) in [6, 6.07) is 1.14. The van der Waals surface area contributed by atoms with Gasteiger partial charge in [-0.25, -0.2) is 0 Å². The molecule has 3 heteroatoms. The number of hydrogen-bond acceptors (Lipinski definition) is 3. The zero-order valence-electron chi connectivity index (χ0n) is 12.9. The fraction of sp³-hybridized carbons (Fsp3) is 0.875. The van der Waals surface area contributed by atoms with Gasteiger partial charge in [0.2, 0.25) is 0 Å². The van der Waals surface area contributed by atoms with Crippen LogP contribution in [0, 0.1) is 5.41 Å². The first-order chi connectivity index (χ1) is 8.89. The monoisotopic (exact) mass is 266 g/mol. The number of hydrogen-bond donors (Lipinski definition) is 2. The van der Waals surface area contributed by atoms with E-state index in [-0.39, 0.29) is 11.5 Å². The van der Waals surface area contributed by atoms with Crippen molar-refractivity contribution < 1.29 is 5.11 Å². The van der Waals surface area contributed by atoms with Crippen LogP contribution in [0.1, 0.15) is 47.0 Å². The molecule has 19 heavy (non-hydrogen) atoms. The smallest absolute Gasteiger partial charge is 0.0621 e. The summed E-state index contributed by atoms with van der Waals surface area (Å²) in [5, 5.41) is 13.5. The largest absolute Gasteiger partial charge is 0.392 e. The van der Waals surface area contributed by atoms with Gasteiger partial charge in [-0.05, 0) is 46.2 Å². The molecule has 1 aliphatic carbocycles. The van der Waals surface area contributed by atoms with E-state index in [9.17, 15) is 5.11 Å². The van der Waals surface area contributed by atoms with Crippen LogP contribution in [0.4, 0.5) is 0 Å². The van der Waals surface area contributed by atoms with E-state index >= 15 is 0 Å². The Kier molecular flexibility index (Phi) is 4.70. The molecule has 0 bridgehead atoms. The molecule has 0 amide bonds. The Morgan fingerprint density at radius 3 is 2.42 bits per heavy atom. The molecule has 2 rings (SSSR count). The third-order valence-electron chi connectivity index (χ3n) is 5.00. The Morgan fingerprint density at radius 2 is 1.95 bits per heavy atom. The Balaban J connectivity index is 1.71. The minimum absolute atomic E-state index is 0.0548. The van der Waals surface area contributed by atoms with Crippen LogP contribution in [0.15, 0.2) is 11.6 Å². The van der Waals surface area contributed by atoms with Crippen LogP contribution < -0.4 is 5.32 Å². The summed E-state index contributed by atoms with van der Waals surface area (Å²) in [6.45, 7) is 12.2. The van der Waals surface area contributed by atoms with Gasteiger partial charge in [-0.2, -0.15) is 0 Å². The normalized spacial score (nSPS) is 31.8. The number of likely N-dealkylation sites (tertiary alicyclic amines) is 1. The summed E-state index contributed by atoms with van der Waals surface area (Å²) in [5.74, 6) is 0. The zero-order chi connectivity index (χ0) is 14.0. The molecule has 3 nitrogen and oxygen atoms in total. The number of piperidine rings is 1. The van der Waals surface area contributed by atoms with Crippen molar-refractivity contribution in [2.24, 2.45) is 5.41 Å². The van der Waals surface area contributed by atoms with E-state index in [0.717, 1.165) is 13.0 Å². The third kappa shape index (κ3) is 3.59. The maximum absolute atomic E-state index is 9.78. The molecule has 110 valence electrons. The molecular weight excluding hydrogens is 236 g/mol. The molecular formula is C16H30N2O. The summed E-state index contributed by atoms with van der Waals surface area (Å²) < 4.78 is 0. The van der Waals surface area contributed by atoms with Gasteiger partial charge in [0.1, 0.15) is 0 Å². The van der Waals surface area contributed by atoms with Crippen LogP contribution in [0.2, 0.25) is 0 Å². The first-order valence-corrected chi connectivity index (χ1v) is 7.69. The molecule has 2 unspecified atom stereocenters. The van der Waals surface area contributed by atoms with Gasteiger partial charge in [-0.15, -0.1) is 0 Å². The van der Waals surface area contributed by atoms with Crippen molar-refractivity contribution in [3.8, 4) is 0 Å². The van der Waals surface area contributed by atoms with Crippen LogP contribution in [0.5, 0.6) is 0 Å². The predicted octanol–water partition coefficient (Wildman–Crippen LogP) is 2.17. The minimum Gasteiger partial charge on any atom is -0.392 e. The van der Waals surface area contributed by atoms with Crippen LogP contribution in [0.25, 0.3) is 0 Å². The van der Waals surface area contributed by atoms with E-state index in [2.05, 4.69) is 44.0 Å². The van der Waals surface area contributed by atoms with Gasteiger partial charge in [0.05, 0.1) is 6.10 Å². The summed E-state index contributed by atoms with van der Waals surface area (Å²) in [6.07, 6.45) is 5.59. The van der Waals surface area contributed by atoms with Gasteiger partial charge < -0.3 is 10.4 Å². The summed E-state index contributed by atoms with van der Waals surface area (Å²) in [5.41, 5.74) is 1.46. The lowest BCUT2D eigenvalue weighted by atomic mass is 9.64. The van der Waals surface area contributed by atoms with Gasteiger partial charge in [-0.1, -0.05) is 25.5 Å². The molecule has 1 saturated carbocycles. The van der Waals surface area contributed by atoms with Crippen molar-refractivity contribution in [3.63, 3.8) is 0 Å². The van der Waals surface area contributed by atoms with E-state index in [0.29, 0.717) is 12.1 Å². The summed E-state index contributed by atoms with van der Waals surface area (Å²) in [4.78, 5) is 2.53. The first kappa shape index (κ1) is 15.0. The quantitative estimate of drug-likeness (QED) is 0.766. The van der Waals surface area contributed by atoms with Crippen molar-refractivity contribution in [1.82, 2.24) is 10.2 Å². The Morgan fingerprint density at radius 1 is 1.32 bits per heavy atom. The topological polar surface area (TPSA) is 35.5 Å². The number of nitrogens with zero attached hydrogens (tertiary/aromatic N) is 1. The minimum atomic E-state index is -0.122. The average Bonchev–Trinajstić information content (AvgIpc) is 2.37. The van der Waals surface area contributed by atoms with E-state index in [1.165, 1.54) is 31.5 Å².